The average Bonchev–Trinajstić information content (AvgIpc) is 3.42. The molecule has 2 heterocycles. The summed E-state index contributed by atoms with van der Waals surface area (Å²) in [4.78, 5) is 31.7. The van der Waals surface area contributed by atoms with Crippen molar-refractivity contribution >= 4 is 33.9 Å². The highest BCUT2D eigenvalue weighted by Crippen LogP contribution is 2.44. The molecule has 1 fully saturated rings. The third-order valence-electron chi connectivity index (χ3n) is 5.00. The number of aliphatic hydroxyl groups excluding tert-OH is 1. The van der Waals surface area contributed by atoms with Gasteiger partial charge in [0.15, 0.2) is 16.6 Å². The SMILES string of the molecule is CCOc1ccc(C2/C(=C(\O)c3ccccc3)C(=O)C(=O)N2c2nccs2)cc1OCC. The maximum absolute atomic E-state index is 13.1. The number of hydrogen-bond donors (Lipinski definition) is 1. The van der Waals surface area contributed by atoms with E-state index in [9.17, 15) is 14.7 Å². The molecule has 1 saturated heterocycles. The first-order valence-corrected chi connectivity index (χ1v) is 11.1. The average molecular weight is 451 g/mol. The minimum Gasteiger partial charge on any atom is -0.507 e. The third kappa shape index (κ3) is 3.85. The number of nitrogens with zero attached hydrogens (tertiary/aromatic N) is 2. The van der Waals surface area contributed by atoms with Gasteiger partial charge >= 0.3 is 5.91 Å². The second-order valence-corrected chi connectivity index (χ2v) is 7.80. The minimum absolute atomic E-state index is 0.00279. The molecule has 1 aromatic heterocycles. The lowest BCUT2D eigenvalue weighted by Gasteiger charge is -2.24. The van der Waals surface area contributed by atoms with Crippen LogP contribution in [0.1, 0.15) is 31.0 Å². The molecule has 164 valence electrons. The lowest BCUT2D eigenvalue weighted by atomic mass is 9.95. The number of thiazole rings is 1. The van der Waals surface area contributed by atoms with E-state index in [2.05, 4.69) is 4.98 Å². The number of hydrogen-bond acceptors (Lipinski definition) is 7. The van der Waals surface area contributed by atoms with Gasteiger partial charge in [-0.15, -0.1) is 11.3 Å². The molecule has 1 atom stereocenters. The Morgan fingerprint density at radius 2 is 1.78 bits per heavy atom. The summed E-state index contributed by atoms with van der Waals surface area (Å²) < 4.78 is 11.4. The van der Waals surface area contributed by atoms with Gasteiger partial charge < -0.3 is 14.6 Å². The summed E-state index contributed by atoms with van der Waals surface area (Å²) >= 11 is 1.24. The van der Waals surface area contributed by atoms with Gasteiger partial charge in [0.1, 0.15) is 5.76 Å². The quantitative estimate of drug-likeness (QED) is 0.322. The summed E-state index contributed by atoms with van der Waals surface area (Å²) in [6, 6.07) is 13.1. The Balaban J connectivity index is 1.92. The first-order chi connectivity index (χ1) is 15.6. The summed E-state index contributed by atoms with van der Waals surface area (Å²) in [5.74, 6) is -0.684. The number of ketones is 1. The van der Waals surface area contributed by atoms with Crippen LogP contribution in [0.25, 0.3) is 5.76 Å². The molecule has 1 N–H and O–H groups in total. The number of benzene rings is 2. The van der Waals surface area contributed by atoms with Gasteiger partial charge in [0.05, 0.1) is 24.8 Å². The fourth-order valence-corrected chi connectivity index (χ4v) is 4.34. The second kappa shape index (κ2) is 9.23. The Morgan fingerprint density at radius 3 is 2.44 bits per heavy atom. The number of amides is 1. The van der Waals surface area contributed by atoms with Crippen LogP contribution in [-0.2, 0) is 9.59 Å². The molecule has 32 heavy (non-hydrogen) atoms. The van der Waals surface area contributed by atoms with Crippen LogP contribution in [0.4, 0.5) is 5.13 Å². The van der Waals surface area contributed by atoms with Gasteiger partial charge in [0.25, 0.3) is 5.78 Å². The monoisotopic (exact) mass is 450 g/mol. The van der Waals surface area contributed by atoms with Gasteiger partial charge in [-0.3, -0.25) is 14.5 Å². The van der Waals surface area contributed by atoms with Crippen LogP contribution >= 0.6 is 11.3 Å². The van der Waals surface area contributed by atoms with Gasteiger partial charge in [-0.2, -0.15) is 0 Å². The van der Waals surface area contributed by atoms with E-state index in [1.54, 1.807) is 54.0 Å². The summed E-state index contributed by atoms with van der Waals surface area (Å²) in [5.41, 5.74) is 1.05. The second-order valence-electron chi connectivity index (χ2n) is 6.92. The van der Waals surface area contributed by atoms with Crippen LogP contribution in [0.3, 0.4) is 0 Å². The number of anilines is 1. The van der Waals surface area contributed by atoms with E-state index in [0.29, 0.717) is 41.0 Å². The topological polar surface area (TPSA) is 89.0 Å². The molecule has 0 bridgehead atoms. The van der Waals surface area contributed by atoms with Crippen LogP contribution < -0.4 is 14.4 Å². The molecule has 1 amide bonds. The van der Waals surface area contributed by atoms with Crippen molar-refractivity contribution in [1.82, 2.24) is 4.98 Å². The molecule has 0 spiro atoms. The number of rotatable bonds is 7. The van der Waals surface area contributed by atoms with Crippen LogP contribution in [-0.4, -0.2) is 35.0 Å². The van der Waals surface area contributed by atoms with E-state index in [4.69, 9.17) is 9.47 Å². The molecule has 1 unspecified atom stereocenters. The van der Waals surface area contributed by atoms with Crippen LogP contribution in [0, 0.1) is 0 Å². The number of aliphatic hydroxyl groups is 1. The first kappa shape index (κ1) is 21.6. The molecule has 0 aliphatic carbocycles. The predicted molar refractivity (Wildman–Crippen MR) is 122 cm³/mol. The van der Waals surface area contributed by atoms with Crippen LogP contribution in [0.15, 0.2) is 65.7 Å². The Kier molecular flexibility index (Phi) is 6.23. The molecule has 1 aliphatic rings. The Bertz CT molecular complexity index is 1160. The van der Waals surface area contributed by atoms with Crippen molar-refractivity contribution in [3.63, 3.8) is 0 Å². The highest BCUT2D eigenvalue weighted by atomic mass is 32.1. The molecule has 1 aliphatic heterocycles. The van der Waals surface area contributed by atoms with Crippen molar-refractivity contribution in [2.45, 2.75) is 19.9 Å². The Hall–Kier alpha value is -3.65. The highest BCUT2D eigenvalue weighted by molar-refractivity contribution is 7.14. The smallest absolute Gasteiger partial charge is 0.301 e. The standard InChI is InChI=1S/C24H22N2O5S/c1-3-30-17-11-10-16(14-18(17)31-4-2)20-19(21(27)15-8-6-5-7-9-15)22(28)23(29)26(20)24-25-12-13-32-24/h5-14,20,27H,3-4H2,1-2H3/b21-19+. The summed E-state index contributed by atoms with van der Waals surface area (Å²) in [6.07, 6.45) is 1.57. The molecule has 4 rings (SSSR count). The maximum Gasteiger partial charge on any atom is 0.301 e. The molecule has 7 nitrogen and oxygen atoms in total. The van der Waals surface area contributed by atoms with Crippen molar-refractivity contribution in [3.05, 3.63) is 76.8 Å². The van der Waals surface area contributed by atoms with E-state index >= 15 is 0 Å². The van der Waals surface area contributed by atoms with E-state index in [1.807, 2.05) is 19.9 Å². The third-order valence-corrected chi connectivity index (χ3v) is 5.77. The minimum atomic E-state index is -0.865. The first-order valence-electron chi connectivity index (χ1n) is 10.2. The van der Waals surface area contributed by atoms with Crippen molar-refractivity contribution < 1.29 is 24.2 Å². The summed E-state index contributed by atoms with van der Waals surface area (Å²) in [7, 11) is 0. The van der Waals surface area contributed by atoms with Crippen LogP contribution in [0.2, 0.25) is 0 Å². The molecule has 0 saturated carbocycles. The van der Waals surface area contributed by atoms with E-state index in [1.165, 1.54) is 16.2 Å². The van der Waals surface area contributed by atoms with Gasteiger partial charge in [-0.25, -0.2) is 4.98 Å². The Morgan fingerprint density at radius 1 is 1.06 bits per heavy atom. The zero-order chi connectivity index (χ0) is 22.7. The van der Waals surface area contributed by atoms with Crippen LogP contribution in [0.5, 0.6) is 11.5 Å². The van der Waals surface area contributed by atoms with Gasteiger partial charge in [0, 0.05) is 17.1 Å². The van der Waals surface area contributed by atoms with E-state index < -0.39 is 17.7 Å². The van der Waals surface area contributed by atoms with Crippen molar-refractivity contribution in [3.8, 4) is 11.5 Å². The molecule has 0 radical (unpaired) electrons. The summed E-state index contributed by atoms with van der Waals surface area (Å²) in [6.45, 7) is 4.62. The van der Waals surface area contributed by atoms with E-state index in [0.717, 1.165) is 0 Å². The van der Waals surface area contributed by atoms with Crippen molar-refractivity contribution in [1.29, 1.82) is 0 Å². The lowest BCUT2D eigenvalue weighted by Crippen LogP contribution is -2.29. The normalized spacial score (nSPS) is 17.6. The fourth-order valence-electron chi connectivity index (χ4n) is 3.67. The fraction of sp³-hybridized carbons (Fsp3) is 0.208. The molecule has 8 heteroatoms. The Labute approximate surface area is 189 Å². The van der Waals surface area contributed by atoms with Crippen molar-refractivity contribution in [2.24, 2.45) is 0 Å². The molecular weight excluding hydrogens is 428 g/mol. The number of carbonyl (C=O) groups is 2. The van der Waals surface area contributed by atoms with E-state index in [-0.39, 0.29) is 11.3 Å². The zero-order valence-electron chi connectivity index (χ0n) is 17.6. The number of carbonyl (C=O) groups excluding carboxylic acids is 2. The number of aromatic nitrogens is 1. The molecule has 3 aromatic rings. The van der Waals surface area contributed by atoms with Gasteiger partial charge in [-0.1, -0.05) is 36.4 Å². The van der Waals surface area contributed by atoms with Gasteiger partial charge in [0.2, 0.25) is 0 Å². The predicted octanol–water partition coefficient (Wildman–Crippen LogP) is 4.57. The number of ether oxygens (including phenoxy) is 2. The number of Topliss-reactive ketones (excluding diaryl/α,β-unsaturated/α-hetero) is 1. The zero-order valence-corrected chi connectivity index (χ0v) is 18.5. The summed E-state index contributed by atoms with van der Waals surface area (Å²) in [5, 5.41) is 13.2. The molecular formula is C24H22N2O5S. The maximum atomic E-state index is 13.1. The largest absolute Gasteiger partial charge is 0.507 e. The van der Waals surface area contributed by atoms with Crippen molar-refractivity contribution in [2.75, 3.05) is 18.1 Å². The molecule has 2 aromatic carbocycles. The lowest BCUT2D eigenvalue weighted by molar-refractivity contribution is -0.132. The van der Waals surface area contributed by atoms with Gasteiger partial charge in [-0.05, 0) is 31.5 Å². The highest BCUT2D eigenvalue weighted by Gasteiger charge is 2.48.